The molecule has 1 aliphatic carbocycles. The first kappa shape index (κ1) is 24.5. The molecule has 0 bridgehead atoms. The number of rotatable bonds is 8. The fourth-order valence-corrected chi connectivity index (χ4v) is 2.81. The maximum atomic E-state index is 11.9. The first-order valence-corrected chi connectivity index (χ1v) is 10.5. The van der Waals surface area contributed by atoms with E-state index in [4.69, 9.17) is 22.1 Å². The molecule has 29 heavy (non-hydrogen) atoms. The molecule has 0 saturated heterocycles. The Kier molecular flexibility index (Phi) is 11.5. The fourth-order valence-electron chi connectivity index (χ4n) is 2.61. The topological polar surface area (TPSA) is 76.7 Å². The Morgan fingerprint density at radius 2 is 2.00 bits per heavy atom. The van der Waals surface area contributed by atoms with Crippen LogP contribution < -0.4 is 11.1 Å². The van der Waals surface area contributed by atoms with Crippen molar-refractivity contribution in [1.82, 2.24) is 5.32 Å². The number of nitrogens with zero attached hydrogens (tertiary/aromatic N) is 1. The van der Waals surface area contributed by atoms with E-state index in [2.05, 4.69) is 17.2 Å². The van der Waals surface area contributed by atoms with Gasteiger partial charge in [-0.05, 0) is 37.5 Å². The molecule has 5 nitrogen and oxygen atoms in total. The first-order chi connectivity index (χ1) is 14.0. The average Bonchev–Trinajstić information content (AvgIpc) is 3.05. The highest BCUT2D eigenvalue weighted by molar-refractivity contribution is 6.31. The molecule has 0 unspecified atom stereocenters. The van der Waals surface area contributed by atoms with Crippen molar-refractivity contribution in [1.29, 1.82) is 0 Å². The van der Waals surface area contributed by atoms with Gasteiger partial charge in [-0.2, -0.15) is 0 Å². The van der Waals surface area contributed by atoms with Crippen LogP contribution in [0.2, 0.25) is 0 Å². The molecule has 3 N–H and O–H groups in total. The van der Waals surface area contributed by atoms with E-state index in [1.807, 2.05) is 56.4 Å². The number of ether oxygens (including phenoxy) is 1. The predicted octanol–water partition coefficient (Wildman–Crippen LogP) is 5.39. The van der Waals surface area contributed by atoms with Crippen LogP contribution in [0.4, 0.5) is 0 Å². The zero-order valence-corrected chi connectivity index (χ0v) is 18.6. The lowest BCUT2D eigenvalue weighted by Crippen LogP contribution is -2.21. The average molecular weight is 418 g/mol. The summed E-state index contributed by atoms with van der Waals surface area (Å²) in [5.74, 6) is 0.730. The lowest BCUT2D eigenvalue weighted by molar-refractivity contribution is -0.114. The van der Waals surface area contributed by atoms with Crippen LogP contribution in [0.3, 0.4) is 0 Å². The van der Waals surface area contributed by atoms with Gasteiger partial charge in [-0.15, -0.1) is 0 Å². The molecule has 158 valence electrons. The molecule has 0 aromatic heterocycles. The molecule has 1 aliphatic heterocycles. The number of nitrogens with two attached hydrogens (primary N) is 1. The minimum atomic E-state index is -0.515. The van der Waals surface area contributed by atoms with Crippen LogP contribution in [0.1, 0.15) is 52.9 Å². The second-order valence-corrected chi connectivity index (χ2v) is 6.59. The van der Waals surface area contributed by atoms with Crippen molar-refractivity contribution in [2.24, 2.45) is 10.7 Å². The standard InChI is InChI=1S/C21H26ClN3O2.C2H6/c1-3-4-10-16(27-2)14-15-9-8-11-17(20(23)26)21(24-15)25-19-13-7-5-6-12-18(19)22;1-2/h6-9,12-14,25H,3-5,10-11H2,1-2H3,(H2,23,26);1-2H3/b16-14+;. The van der Waals surface area contributed by atoms with E-state index in [0.29, 0.717) is 34.3 Å². The van der Waals surface area contributed by atoms with E-state index in [0.717, 1.165) is 31.4 Å². The molecule has 0 saturated carbocycles. The Labute approximate surface area is 179 Å². The van der Waals surface area contributed by atoms with Gasteiger partial charge in [0.05, 0.1) is 34.9 Å². The summed E-state index contributed by atoms with van der Waals surface area (Å²) in [7, 11) is 1.65. The third kappa shape index (κ3) is 8.16. The molecule has 2 rings (SSSR count). The minimum Gasteiger partial charge on any atom is -0.501 e. The minimum absolute atomic E-state index is 0.389. The number of amides is 1. The van der Waals surface area contributed by atoms with Gasteiger partial charge in [0.1, 0.15) is 5.82 Å². The molecule has 0 fully saturated rings. The van der Waals surface area contributed by atoms with Crippen molar-refractivity contribution >= 4 is 23.2 Å². The maximum Gasteiger partial charge on any atom is 0.248 e. The van der Waals surface area contributed by atoms with E-state index >= 15 is 0 Å². The maximum absolute atomic E-state index is 11.9. The third-order valence-electron chi connectivity index (χ3n) is 4.11. The van der Waals surface area contributed by atoms with Gasteiger partial charge in [-0.1, -0.05) is 57.0 Å². The summed E-state index contributed by atoms with van der Waals surface area (Å²) >= 11 is 6.32. The number of primary amides is 1. The second kappa shape index (κ2) is 13.6. The summed E-state index contributed by atoms with van der Waals surface area (Å²) in [6, 6.07) is 0. The number of hydrogen-bond donors (Lipinski definition) is 2. The molecule has 0 aromatic carbocycles. The van der Waals surface area contributed by atoms with Crippen molar-refractivity contribution in [3.8, 4) is 0 Å². The number of methoxy groups -OCH3 is 1. The van der Waals surface area contributed by atoms with E-state index < -0.39 is 5.91 Å². The van der Waals surface area contributed by atoms with Gasteiger partial charge < -0.3 is 15.8 Å². The Balaban J connectivity index is 0.00000204. The number of unbranched alkanes of at least 4 members (excludes halogenated alkanes) is 1. The Bertz CT molecular complexity index is 784. The Morgan fingerprint density at radius 1 is 1.28 bits per heavy atom. The second-order valence-electron chi connectivity index (χ2n) is 6.18. The molecule has 0 spiro atoms. The summed E-state index contributed by atoms with van der Waals surface area (Å²) in [6.45, 7) is 6.13. The van der Waals surface area contributed by atoms with E-state index in [9.17, 15) is 4.79 Å². The van der Waals surface area contributed by atoms with Crippen LogP contribution in [0.25, 0.3) is 0 Å². The molecule has 2 aliphatic rings. The van der Waals surface area contributed by atoms with Crippen molar-refractivity contribution in [2.75, 3.05) is 7.11 Å². The summed E-state index contributed by atoms with van der Waals surface area (Å²) in [5, 5.41) is 3.72. The molecule has 0 aromatic rings. The van der Waals surface area contributed by atoms with Crippen LogP contribution in [0, 0.1) is 0 Å². The van der Waals surface area contributed by atoms with Gasteiger partial charge in [0.15, 0.2) is 0 Å². The van der Waals surface area contributed by atoms with Gasteiger partial charge in [-0.3, -0.25) is 4.79 Å². The lowest BCUT2D eigenvalue weighted by atomic mass is 10.1. The quantitative estimate of drug-likeness (QED) is 0.520. The largest absolute Gasteiger partial charge is 0.501 e. The molecule has 1 heterocycles. The molecule has 6 heteroatoms. The van der Waals surface area contributed by atoms with Crippen molar-refractivity contribution in [2.45, 2.75) is 52.9 Å². The highest BCUT2D eigenvalue weighted by Gasteiger charge is 2.16. The van der Waals surface area contributed by atoms with Gasteiger partial charge in [0.2, 0.25) is 5.91 Å². The van der Waals surface area contributed by atoms with Gasteiger partial charge >= 0.3 is 0 Å². The summed E-state index contributed by atoms with van der Waals surface area (Å²) in [6.07, 6.45) is 17.4. The molecule has 0 radical (unpaired) electrons. The van der Waals surface area contributed by atoms with Crippen molar-refractivity contribution in [3.63, 3.8) is 0 Å². The monoisotopic (exact) mass is 417 g/mol. The summed E-state index contributed by atoms with van der Waals surface area (Å²) in [5.41, 5.74) is 7.34. The number of aliphatic imine (C=N–C) groups is 1. The van der Waals surface area contributed by atoms with Crippen LogP contribution in [-0.2, 0) is 9.53 Å². The molecular weight excluding hydrogens is 386 g/mol. The van der Waals surface area contributed by atoms with Crippen molar-refractivity contribution in [3.05, 3.63) is 70.4 Å². The summed E-state index contributed by atoms with van der Waals surface area (Å²) < 4.78 is 5.46. The molecule has 0 atom stereocenters. The lowest BCUT2D eigenvalue weighted by Gasteiger charge is -2.12. The van der Waals surface area contributed by atoms with E-state index in [1.165, 1.54) is 0 Å². The fraction of sp³-hybridized carbons (Fsp3) is 0.391. The summed E-state index contributed by atoms with van der Waals surface area (Å²) in [4.78, 5) is 16.6. The first-order valence-electron chi connectivity index (χ1n) is 10.1. The zero-order valence-electron chi connectivity index (χ0n) is 17.8. The zero-order chi connectivity index (χ0) is 21.6. The number of halogens is 1. The highest BCUT2D eigenvalue weighted by Crippen LogP contribution is 2.20. The van der Waals surface area contributed by atoms with Gasteiger partial charge in [0.25, 0.3) is 0 Å². The molecule has 1 amide bonds. The van der Waals surface area contributed by atoms with Crippen LogP contribution >= 0.6 is 11.6 Å². The Hall–Kier alpha value is -2.53. The number of carbonyl (C=O) groups is 1. The van der Waals surface area contributed by atoms with Crippen LogP contribution in [-0.4, -0.2) is 18.7 Å². The SMILES string of the molecule is CC.CCCC/C(=C\C1=NC(NC2=C(Cl)C=CCC=C2)=C(C(N)=O)CC=C1)OC. The van der Waals surface area contributed by atoms with Crippen LogP contribution in [0.5, 0.6) is 0 Å². The van der Waals surface area contributed by atoms with Gasteiger partial charge in [0, 0.05) is 12.5 Å². The Morgan fingerprint density at radius 3 is 2.66 bits per heavy atom. The number of nitrogens with one attached hydrogen (secondary N) is 1. The number of allylic oxidation sites excluding steroid dienone is 9. The van der Waals surface area contributed by atoms with Crippen molar-refractivity contribution < 1.29 is 9.53 Å². The highest BCUT2D eigenvalue weighted by atomic mass is 35.5. The van der Waals surface area contributed by atoms with E-state index in [-0.39, 0.29) is 0 Å². The smallest absolute Gasteiger partial charge is 0.248 e. The molecular formula is C23H32ClN3O2. The van der Waals surface area contributed by atoms with Gasteiger partial charge in [-0.25, -0.2) is 4.99 Å². The normalized spacial score (nSPS) is 16.6. The van der Waals surface area contributed by atoms with E-state index in [1.54, 1.807) is 7.11 Å². The number of hydrogen-bond acceptors (Lipinski definition) is 4. The third-order valence-corrected chi connectivity index (χ3v) is 4.44. The predicted molar refractivity (Wildman–Crippen MR) is 122 cm³/mol. The van der Waals surface area contributed by atoms with Crippen LogP contribution in [0.15, 0.2) is 75.4 Å². The number of carbonyl (C=O) groups excluding carboxylic acids is 1.